The highest BCUT2D eigenvalue weighted by molar-refractivity contribution is 7.92. The number of aliphatic hydroxyl groups is 1. The van der Waals surface area contributed by atoms with Crippen molar-refractivity contribution in [3.63, 3.8) is 0 Å². The van der Waals surface area contributed by atoms with Crippen LogP contribution in [-0.2, 0) is 9.84 Å². The van der Waals surface area contributed by atoms with E-state index in [4.69, 9.17) is 0 Å². The lowest BCUT2D eigenvalue weighted by Gasteiger charge is -2.13. The van der Waals surface area contributed by atoms with Gasteiger partial charge in [0.1, 0.15) is 6.10 Å². The van der Waals surface area contributed by atoms with Gasteiger partial charge < -0.3 is 5.11 Å². The molecule has 0 amide bonds. The first-order chi connectivity index (χ1) is 9.73. The Bertz CT molecular complexity index is 707. The molecule has 2 aromatic rings. The second-order valence-corrected chi connectivity index (χ2v) is 6.27. The van der Waals surface area contributed by atoms with Crippen molar-refractivity contribution in [3.8, 4) is 0 Å². The van der Waals surface area contributed by atoms with Gasteiger partial charge in [-0.05, 0) is 23.3 Å². The van der Waals surface area contributed by atoms with Crippen molar-refractivity contribution in [1.29, 1.82) is 0 Å². The average molecular weight is 316 g/mol. The largest absolute Gasteiger partial charge is 0.501 e. The quantitative estimate of drug-likeness (QED) is 0.947. The van der Waals surface area contributed by atoms with Gasteiger partial charge in [-0.2, -0.15) is 13.2 Å². The molecule has 0 aromatic heterocycles. The molecule has 1 unspecified atom stereocenters. The number of sulfone groups is 1. The lowest BCUT2D eigenvalue weighted by Crippen LogP contribution is -2.23. The molecule has 0 saturated carbocycles. The van der Waals surface area contributed by atoms with Crippen molar-refractivity contribution < 1.29 is 26.7 Å². The summed E-state index contributed by atoms with van der Waals surface area (Å²) in [6.07, 6.45) is -1.03. The summed E-state index contributed by atoms with van der Waals surface area (Å²) in [7, 11) is -5.37. The van der Waals surface area contributed by atoms with Gasteiger partial charge in [0.15, 0.2) is 0 Å². The maximum absolute atomic E-state index is 12.4. The second kappa shape index (κ2) is 5.50. The molecule has 0 saturated heterocycles. The third-order valence-electron chi connectivity index (χ3n) is 2.93. The van der Waals surface area contributed by atoms with Crippen LogP contribution in [0.4, 0.5) is 13.2 Å². The first-order valence-electron chi connectivity index (χ1n) is 5.88. The molecule has 1 N–H and O–H groups in total. The van der Waals surface area contributed by atoms with Crippen molar-refractivity contribution in [2.45, 2.75) is 16.5 Å². The molecule has 0 bridgehead atoms. The van der Waals surface area contributed by atoms with E-state index < -0.39 is 26.3 Å². The van der Waals surface area contributed by atoms with Crippen molar-refractivity contribution in [2.24, 2.45) is 0 Å². The number of rotatable bonds is 3. The Hall–Kier alpha value is -1.86. The normalized spacial score (nSPS) is 13.9. The zero-order valence-corrected chi connectivity index (χ0v) is 11.4. The van der Waals surface area contributed by atoms with Gasteiger partial charge in [-0.3, -0.25) is 0 Å². The maximum atomic E-state index is 12.4. The molecule has 21 heavy (non-hydrogen) atoms. The summed E-state index contributed by atoms with van der Waals surface area (Å²) < 4.78 is 59.7. The van der Waals surface area contributed by atoms with E-state index in [0.717, 1.165) is 24.3 Å². The smallest absolute Gasteiger partial charge is 0.384 e. The van der Waals surface area contributed by atoms with Crippen LogP contribution in [0, 0.1) is 0 Å². The summed E-state index contributed by atoms with van der Waals surface area (Å²) in [6.45, 7) is 0. The predicted octanol–water partition coefficient (Wildman–Crippen LogP) is 3.06. The monoisotopic (exact) mass is 316 g/mol. The van der Waals surface area contributed by atoms with Gasteiger partial charge in [0, 0.05) is 0 Å². The van der Waals surface area contributed by atoms with E-state index in [1.807, 2.05) is 0 Å². The van der Waals surface area contributed by atoms with E-state index in [0.29, 0.717) is 11.1 Å². The van der Waals surface area contributed by atoms with E-state index in [1.54, 1.807) is 30.3 Å². The first kappa shape index (κ1) is 15.5. The molecule has 0 aliphatic carbocycles. The van der Waals surface area contributed by atoms with E-state index in [9.17, 15) is 26.7 Å². The average Bonchev–Trinajstić information content (AvgIpc) is 2.46. The van der Waals surface area contributed by atoms with Crippen LogP contribution < -0.4 is 0 Å². The highest BCUT2D eigenvalue weighted by Gasteiger charge is 2.46. The minimum Gasteiger partial charge on any atom is -0.384 e. The molecular weight excluding hydrogens is 305 g/mol. The Morgan fingerprint density at radius 2 is 1.33 bits per heavy atom. The molecular formula is C14H11F3O3S. The molecule has 0 heterocycles. The Morgan fingerprint density at radius 3 is 1.81 bits per heavy atom. The lowest BCUT2D eigenvalue weighted by atomic mass is 10.0. The molecule has 1 atom stereocenters. The summed E-state index contributed by atoms with van der Waals surface area (Å²) in [5.74, 6) is 0. The van der Waals surface area contributed by atoms with E-state index in [-0.39, 0.29) is 0 Å². The molecule has 0 spiro atoms. The van der Waals surface area contributed by atoms with Gasteiger partial charge in [-0.15, -0.1) is 0 Å². The predicted molar refractivity (Wildman–Crippen MR) is 70.2 cm³/mol. The third-order valence-corrected chi connectivity index (χ3v) is 4.43. The van der Waals surface area contributed by atoms with E-state index >= 15 is 0 Å². The minimum absolute atomic E-state index is 0.308. The van der Waals surface area contributed by atoms with Gasteiger partial charge in [0.05, 0.1) is 4.90 Å². The summed E-state index contributed by atoms with van der Waals surface area (Å²) in [4.78, 5) is -0.848. The van der Waals surface area contributed by atoms with Gasteiger partial charge in [0.25, 0.3) is 9.84 Å². The first-order valence-corrected chi connectivity index (χ1v) is 7.36. The molecule has 7 heteroatoms. The van der Waals surface area contributed by atoms with Crippen LogP contribution in [0.2, 0.25) is 0 Å². The van der Waals surface area contributed by atoms with Gasteiger partial charge >= 0.3 is 5.51 Å². The van der Waals surface area contributed by atoms with E-state index in [2.05, 4.69) is 0 Å². The number of halogens is 3. The fraction of sp³-hybridized carbons (Fsp3) is 0.143. The van der Waals surface area contributed by atoms with Crippen LogP contribution in [0.15, 0.2) is 59.5 Å². The highest BCUT2D eigenvalue weighted by atomic mass is 32.2. The summed E-state index contributed by atoms with van der Waals surface area (Å²) in [6, 6.07) is 12.5. The molecule has 3 nitrogen and oxygen atoms in total. The SMILES string of the molecule is O=S(=O)(c1ccc(C(O)c2ccccc2)cc1)C(F)(F)F. The van der Waals surface area contributed by atoms with Gasteiger partial charge in [-0.25, -0.2) is 8.42 Å². The fourth-order valence-corrected chi connectivity index (χ4v) is 2.55. The fourth-order valence-electron chi connectivity index (χ4n) is 1.79. The molecule has 2 aromatic carbocycles. The lowest BCUT2D eigenvalue weighted by molar-refractivity contribution is -0.0436. The zero-order chi connectivity index (χ0) is 15.7. The van der Waals surface area contributed by atoms with Crippen LogP contribution in [0.1, 0.15) is 17.2 Å². The Balaban J connectivity index is 2.32. The van der Waals surface area contributed by atoms with Crippen molar-refractivity contribution in [2.75, 3.05) is 0 Å². The molecule has 0 aliphatic rings. The van der Waals surface area contributed by atoms with Crippen LogP contribution >= 0.6 is 0 Å². The van der Waals surface area contributed by atoms with Crippen LogP contribution in [0.5, 0.6) is 0 Å². The van der Waals surface area contributed by atoms with Crippen molar-refractivity contribution >= 4 is 9.84 Å². The van der Waals surface area contributed by atoms with Crippen LogP contribution in [0.25, 0.3) is 0 Å². The topological polar surface area (TPSA) is 54.4 Å². The highest BCUT2D eigenvalue weighted by Crippen LogP contribution is 2.31. The standard InChI is InChI=1S/C14H11F3O3S/c15-14(16,17)21(19,20)12-8-6-11(7-9-12)13(18)10-4-2-1-3-5-10/h1-9,13,18H. The minimum atomic E-state index is -5.37. The van der Waals surface area contributed by atoms with Gasteiger partial charge in [0.2, 0.25) is 0 Å². The Kier molecular flexibility index (Phi) is 4.06. The van der Waals surface area contributed by atoms with Crippen LogP contribution in [0.3, 0.4) is 0 Å². The van der Waals surface area contributed by atoms with Crippen molar-refractivity contribution in [3.05, 3.63) is 65.7 Å². The number of hydrogen-bond acceptors (Lipinski definition) is 3. The van der Waals surface area contributed by atoms with Crippen LogP contribution in [-0.4, -0.2) is 19.0 Å². The number of aliphatic hydroxyl groups excluding tert-OH is 1. The molecule has 0 aliphatic heterocycles. The summed E-state index contributed by atoms with van der Waals surface area (Å²) in [5.41, 5.74) is -4.47. The third kappa shape index (κ3) is 3.08. The molecule has 2 rings (SSSR count). The van der Waals surface area contributed by atoms with Crippen molar-refractivity contribution in [1.82, 2.24) is 0 Å². The number of hydrogen-bond donors (Lipinski definition) is 1. The maximum Gasteiger partial charge on any atom is 0.501 e. The Morgan fingerprint density at radius 1 is 0.857 bits per heavy atom. The number of benzene rings is 2. The van der Waals surface area contributed by atoms with E-state index in [1.165, 1.54) is 0 Å². The Labute approximate surface area is 119 Å². The zero-order valence-electron chi connectivity index (χ0n) is 10.6. The molecule has 0 fully saturated rings. The molecule has 0 radical (unpaired) electrons. The summed E-state index contributed by atoms with van der Waals surface area (Å²) >= 11 is 0. The number of alkyl halides is 3. The second-order valence-electron chi connectivity index (χ2n) is 4.33. The summed E-state index contributed by atoms with van der Waals surface area (Å²) in [5, 5.41) is 10.1. The molecule has 112 valence electrons. The van der Waals surface area contributed by atoms with Gasteiger partial charge in [-0.1, -0.05) is 42.5 Å².